The van der Waals surface area contributed by atoms with Crippen molar-refractivity contribution in [1.29, 1.82) is 0 Å². The van der Waals surface area contributed by atoms with E-state index < -0.39 is 18.3 Å². The molecule has 1 fully saturated rings. The topological polar surface area (TPSA) is 44.8 Å². The zero-order valence-electron chi connectivity index (χ0n) is 15.1. The third kappa shape index (κ3) is 6.26. The molecule has 0 N–H and O–H groups in total. The van der Waals surface area contributed by atoms with Crippen molar-refractivity contribution in [2.75, 3.05) is 7.11 Å². The SMILES string of the molecule is COC(=O)CCCCCCC/C=C(/F)B1OC(C)(C)C(C)(C)O1. The van der Waals surface area contributed by atoms with Gasteiger partial charge in [0, 0.05) is 6.42 Å². The summed E-state index contributed by atoms with van der Waals surface area (Å²) in [7, 11) is 0.517. The van der Waals surface area contributed by atoms with Gasteiger partial charge in [-0.1, -0.05) is 25.3 Å². The highest BCUT2D eigenvalue weighted by atomic mass is 19.1. The third-order valence-corrected chi connectivity index (χ3v) is 4.63. The molecule has 6 heteroatoms. The summed E-state index contributed by atoms with van der Waals surface area (Å²) in [5.74, 6) is -0.155. The number of carbonyl (C=O) groups excluding carboxylic acids is 1. The van der Waals surface area contributed by atoms with Crippen LogP contribution in [0.3, 0.4) is 0 Å². The summed E-state index contributed by atoms with van der Waals surface area (Å²) in [4.78, 5) is 10.9. The van der Waals surface area contributed by atoms with E-state index in [4.69, 9.17) is 9.31 Å². The molecule has 0 aromatic rings. The highest BCUT2D eigenvalue weighted by Gasteiger charge is 2.52. The molecule has 1 heterocycles. The van der Waals surface area contributed by atoms with Crippen LogP contribution >= 0.6 is 0 Å². The Bertz CT molecular complexity index is 405. The van der Waals surface area contributed by atoms with Crippen LogP contribution in [0.5, 0.6) is 0 Å². The van der Waals surface area contributed by atoms with Crippen molar-refractivity contribution in [3.63, 3.8) is 0 Å². The highest BCUT2D eigenvalue weighted by molar-refractivity contribution is 6.53. The molecule has 0 aliphatic carbocycles. The number of hydrogen-bond donors (Lipinski definition) is 0. The van der Waals surface area contributed by atoms with Gasteiger partial charge in [-0.25, -0.2) is 4.39 Å². The maximum Gasteiger partial charge on any atom is 0.524 e. The lowest BCUT2D eigenvalue weighted by Gasteiger charge is -2.32. The summed E-state index contributed by atoms with van der Waals surface area (Å²) in [6.45, 7) is 7.65. The molecule has 1 saturated heterocycles. The van der Waals surface area contributed by atoms with E-state index in [0.29, 0.717) is 12.8 Å². The smallest absolute Gasteiger partial charge is 0.469 e. The first-order valence-electron chi connectivity index (χ1n) is 8.47. The highest BCUT2D eigenvalue weighted by Crippen LogP contribution is 2.38. The van der Waals surface area contributed by atoms with Gasteiger partial charge < -0.3 is 14.0 Å². The molecule has 0 atom stereocenters. The maximum atomic E-state index is 14.1. The van der Waals surface area contributed by atoms with Gasteiger partial charge in [-0.3, -0.25) is 4.79 Å². The van der Waals surface area contributed by atoms with Crippen molar-refractivity contribution in [2.24, 2.45) is 0 Å². The third-order valence-electron chi connectivity index (χ3n) is 4.63. The maximum absolute atomic E-state index is 14.1. The molecule has 0 bridgehead atoms. The lowest BCUT2D eigenvalue weighted by Crippen LogP contribution is -2.41. The van der Waals surface area contributed by atoms with E-state index in [1.807, 2.05) is 27.7 Å². The van der Waals surface area contributed by atoms with Crippen LogP contribution in [-0.2, 0) is 18.8 Å². The molecule has 1 rings (SSSR count). The fourth-order valence-electron chi connectivity index (χ4n) is 2.34. The second-order valence-electron chi connectivity index (χ2n) is 7.06. The number of hydrogen-bond acceptors (Lipinski definition) is 4. The van der Waals surface area contributed by atoms with Crippen LogP contribution in [0.1, 0.15) is 72.6 Å². The molecule has 0 unspecified atom stereocenters. The van der Waals surface area contributed by atoms with E-state index >= 15 is 0 Å². The summed E-state index contributed by atoms with van der Waals surface area (Å²) in [6.07, 6.45) is 7.56. The lowest BCUT2D eigenvalue weighted by molar-refractivity contribution is -0.140. The van der Waals surface area contributed by atoms with Gasteiger partial charge >= 0.3 is 13.1 Å². The average Bonchev–Trinajstić information content (AvgIpc) is 2.69. The van der Waals surface area contributed by atoms with E-state index in [2.05, 4.69) is 4.74 Å². The van der Waals surface area contributed by atoms with E-state index in [1.54, 1.807) is 6.08 Å². The molecule has 0 saturated carbocycles. The molecule has 1 aliphatic heterocycles. The average molecular weight is 328 g/mol. The number of halogens is 1. The Balaban J connectivity index is 2.17. The minimum atomic E-state index is -0.889. The van der Waals surface area contributed by atoms with Crippen LogP contribution in [-0.4, -0.2) is 31.4 Å². The minimum absolute atomic E-state index is 0.155. The second-order valence-corrected chi connectivity index (χ2v) is 7.06. The Kier molecular flexibility index (Phi) is 7.75. The Morgan fingerprint density at radius 2 is 1.57 bits per heavy atom. The number of carbonyl (C=O) groups is 1. The Hall–Kier alpha value is -0.875. The van der Waals surface area contributed by atoms with Gasteiger partial charge in [-0.2, -0.15) is 0 Å². The Labute approximate surface area is 139 Å². The Morgan fingerprint density at radius 3 is 2.13 bits per heavy atom. The van der Waals surface area contributed by atoms with Crippen LogP contribution in [0, 0.1) is 0 Å². The van der Waals surface area contributed by atoms with E-state index in [0.717, 1.165) is 32.1 Å². The molecule has 4 nitrogen and oxygen atoms in total. The van der Waals surface area contributed by atoms with Gasteiger partial charge in [0.25, 0.3) is 0 Å². The summed E-state index contributed by atoms with van der Waals surface area (Å²) in [5, 5.41) is 0. The number of methoxy groups -OCH3 is 1. The van der Waals surface area contributed by atoms with Crippen molar-refractivity contribution < 1.29 is 23.2 Å². The van der Waals surface area contributed by atoms with Gasteiger partial charge in [0.05, 0.1) is 18.3 Å². The van der Waals surface area contributed by atoms with Gasteiger partial charge in [0.2, 0.25) is 0 Å². The number of allylic oxidation sites excluding steroid dienone is 1. The first-order chi connectivity index (χ1) is 10.7. The van der Waals surface area contributed by atoms with Crippen molar-refractivity contribution in [3.05, 3.63) is 11.8 Å². The number of rotatable bonds is 9. The largest absolute Gasteiger partial charge is 0.524 e. The van der Waals surface area contributed by atoms with Gasteiger partial charge in [0.1, 0.15) is 5.73 Å². The zero-order chi connectivity index (χ0) is 17.5. The van der Waals surface area contributed by atoms with Crippen LogP contribution in [0.15, 0.2) is 11.8 Å². The van der Waals surface area contributed by atoms with Crippen molar-refractivity contribution in [1.82, 2.24) is 0 Å². The van der Waals surface area contributed by atoms with Crippen LogP contribution < -0.4 is 0 Å². The molecule has 0 aromatic heterocycles. The summed E-state index contributed by atoms with van der Waals surface area (Å²) in [5.41, 5.74) is -1.36. The molecular weight excluding hydrogens is 298 g/mol. The second kappa shape index (κ2) is 8.83. The predicted octanol–water partition coefficient (Wildman–Crippen LogP) is 4.37. The predicted molar refractivity (Wildman–Crippen MR) is 89.6 cm³/mol. The van der Waals surface area contributed by atoms with E-state index in [-0.39, 0.29) is 11.7 Å². The van der Waals surface area contributed by atoms with Crippen molar-refractivity contribution in [3.8, 4) is 0 Å². The van der Waals surface area contributed by atoms with E-state index in [1.165, 1.54) is 7.11 Å². The van der Waals surface area contributed by atoms with Crippen LogP contribution in [0.2, 0.25) is 0 Å². The fourth-order valence-corrected chi connectivity index (χ4v) is 2.34. The van der Waals surface area contributed by atoms with Gasteiger partial charge in [0.15, 0.2) is 0 Å². The normalized spacial score (nSPS) is 19.9. The quantitative estimate of drug-likeness (QED) is 0.358. The molecule has 0 spiro atoms. The molecule has 1 aliphatic rings. The van der Waals surface area contributed by atoms with Crippen LogP contribution in [0.25, 0.3) is 0 Å². The van der Waals surface area contributed by atoms with Crippen molar-refractivity contribution >= 4 is 13.1 Å². The number of ether oxygens (including phenoxy) is 1. The van der Waals surface area contributed by atoms with Gasteiger partial charge in [-0.05, 0) is 47.0 Å². The van der Waals surface area contributed by atoms with E-state index in [9.17, 15) is 9.18 Å². The first kappa shape index (κ1) is 20.2. The lowest BCUT2D eigenvalue weighted by atomic mass is 9.87. The molecule has 0 aromatic carbocycles. The zero-order valence-corrected chi connectivity index (χ0v) is 15.1. The summed E-state index contributed by atoms with van der Waals surface area (Å²) < 4.78 is 30.0. The minimum Gasteiger partial charge on any atom is -0.469 e. The molecule has 132 valence electrons. The number of esters is 1. The number of unbranched alkanes of at least 4 members (excludes halogenated alkanes) is 5. The fraction of sp³-hybridized carbons (Fsp3) is 0.824. The summed E-state index contributed by atoms with van der Waals surface area (Å²) in [6, 6.07) is 0. The van der Waals surface area contributed by atoms with Gasteiger partial charge in [-0.15, -0.1) is 0 Å². The van der Waals surface area contributed by atoms with Crippen molar-refractivity contribution in [2.45, 2.75) is 83.8 Å². The standard InChI is InChI=1S/C17H30BFO4/c1-16(2)17(3,4)23-18(22-16)14(19)12-10-8-6-7-9-11-13-15(20)21-5/h12H,6-11,13H2,1-5H3/b14-12+. The molecule has 0 radical (unpaired) electrons. The molecule has 23 heavy (non-hydrogen) atoms. The van der Waals surface area contributed by atoms with Crippen LogP contribution in [0.4, 0.5) is 4.39 Å². The molecule has 0 amide bonds. The first-order valence-corrected chi connectivity index (χ1v) is 8.47. The molecular formula is C17H30BFO4. The monoisotopic (exact) mass is 328 g/mol. The Morgan fingerprint density at radius 1 is 1.04 bits per heavy atom. The summed E-state index contributed by atoms with van der Waals surface area (Å²) >= 11 is 0.